The van der Waals surface area contributed by atoms with Crippen LogP contribution in [0.5, 0.6) is 5.75 Å². The molecule has 0 atom stereocenters. The molecule has 0 unspecified atom stereocenters. The van der Waals surface area contributed by atoms with E-state index in [2.05, 4.69) is 4.98 Å². The maximum atomic E-state index is 13.7. The molecule has 0 saturated heterocycles. The van der Waals surface area contributed by atoms with Gasteiger partial charge in [0, 0.05) is 22.8 Å². The molecule has 0 radical (unpaired) electrons. The van der Waals surface area contributed by atoms with E-state index in [1.165, 1.54) is 6.07 Å². The topological polar surface area (TPSA) is 48.1 Å². The van der Waals surface area contributed by atoms with E-state index in [9.17, 15) is 4.39 Å². The van der Waals surface area contributed by atoms with E-state index in [1.54, 1.807) is 18.3 Å². The summed E-state index contributed by atoms with van der Waals surface area (Å²) in [6.45, 7) is 0.0776. The molecule has 1 aromatic heterocycles. The fraction of sp³-hybridized carbons (Fsp3) is 0.0625. The highest BCUT2D eigenvalue weighted by Crippen LogP contribution is 2.25. The lowest BCUT2D eigenvalue weighted by Crippen LogP contribution is -2.03. The predicted molar refractivity (Wildman–Crippen MR) is 76.9 cm³/mol. The summed E-state index contributed by atoms with van der Waals surface area (Å²) in [5.41, 5.74) is 7.27. The molecule has 4 heteroatoms. The zero-order chi connectivity index (χ0) is 13.9. The number of nitrogens with two attached hydrogens (primary N) is 1. The first-order chi connectivity index (χ1) is 9.75. The first-order valence-corrected chi connectivity index (χ1v) is 6.25. The van der Waals surface area contributed by atoms with Gasteiger partial charge in [-0.15, -0.1) is 0 Å². The third kappa shape index (κ3) is 2.28. The molecule has 0 aliphatic rings. The summed E-state index contributed by atoms with van der Waals surface area (Å²) in [4.78, 5) is 4.29. The van der Waals surface area contributed by atoms with E-state index in [-0.39, 0.29) is 12.4 Å². The normalized spacial score (nSPS) is 10.7. The van der Waals surface area contributed by atoms with Gasteiger partial charge < -0.3 is 10.5 Å². The monoisotopic (exact) mass is 268 g/mol. The number of ether oxygens (including phenoxy) is 1. The second-order valence-corrected chi connectivity index (χ2v) is 4.43. The van der Waals surface area contributed by atoms with Crippen LogP contribution in [0.25, 0.3) is 10.9 Å². The molecule has 0 fully saturated rings. The number of para-hydroxylation sites is 1. The van der Waals surface area contributed by atoms with Gasteiger partial charge in [-0.2, -0.15) is 0 Å². The second kappa shape index (κ2) is 5.17. The molecule has 0 saturated carbocycles. The molecule has 100 valence electrons. The van der Waals surface area contributed by atoms with Gasteiger partial charge in [-0.25, -0.2) is 4.39 Å². The molecule has 3 rings (SSSR count). The van der Waals surface area contributed by atoms with Crippen LogP contribution in [-0.4, -0.2) is 4.98 Å². The maximum absolute atomic E-state index is 13.7. The third-order valence-electron chi connectivity index (χ3n) is 3.12. The molecule has 1 heterocycles. The van der Waals surface area contributed by atoms with Gasteiger partial charge in [-0.3, -0.25) is 4.98 Å². The number of aromatic nitrogens is 1. The van der Waals surface area contributed by atoms with Crippen molar-refractivity contribution in [2.45, 2.75) is 6.61 Å². The Hall–Kier alpha value is -2.62. The maximum Gasteiger partial charge on any atom is 0.146 e. The van der Waals surface area contributed by atoms with Crippen molar-refractivity contribution in [1.29, 1.82) is 0 Å². The fourth-order valence-corrected chi connectivity index (χ4v) is 2.07. The molecule has 3 nitrogen and oxygen atoms in total. The van der Waals surface area contributed by atoms with Gasteiger partial charge >= 0.3 is 0 Å². The summed E-state index contributed by atoms with van der Waals surface area (Å²) >= 11 is 0. The van der Waals surface area contributed by atoms with E-state index in [0.717, 1.165) is 10.9 Å². The molecule has 2 aromatic carbocycles. The van der Waals surface area contributed by atoms with Crippen LogP contribution < -0.4 is 10.5 Å². The SMILES string of the molecule is Nc1cccc(F)c1COc1cccc2cccnc12. The molecule has 20 heavy (non-hydrogen) atoms. The fourth-order valence-electron chi connectivity index (χ4n) is 2.07. The Morgan fingerprint density at radius 2 is 1.85 bits per heavy atom. The zero-order valence-electron chi connectivity index (χ0n) is 10.7. The van der Waals surface area contributed by atoms with E-state index < -0.39 is 0 Å². The average Bonchev–Trinajstić information content (AvgIpc) is 2.47. The number of rotatable bonds is 3. The lowest BCUT2D eigenvalue weighted by molar-refractivity contribution is 0.303. The second-order valence-electron chi connectivity index (χ2n) is 4.43. The first kappa shape index (κ1) is 12.4. The van der Waals surface area contributed by atoms with Crippen molar-refractivity contribution in [1.82, 2.24) is 4.98 Å². The quantitative estimate of drug-likeness (QED) is 0.739. The van der Waals surface area contributed by atoms with Crippen LogP contribution in [-0.2, 0) is 6.61 Å². The minimum atomic E-state index is -0.363. The van der Waals surface area contributed by atoms with Crippen molar-refractivity contribution in [2.24, 2.45) is 0 Å². The number of nitrogen functional groups attached to an aromatic ring is 1. The molecule has 0 amide bonds. The number of halogens is 1. The summed E-state index contributed by atoms with van der Waals surface area (Å²) in [7, 11) is 0. The molecule has 3 aromatic rings. The highest BCUT2D eigenvalue weighted by Gasteiger charge is 2.08. The number of nitrogens with zero attached hydrogens (tertiary/aromatic N) is 1. The Morgan fingerprint density at radius 1 is 1.05 bits per heavy atom. The molecule has 0 aliphatic carbocycles. The first-order valence-electron chi connectivity index (χ1n) is 6.25. The molecular formula is C16H13FN2O. The van der Waals surface area contributed by atoms with Crippen LogP contribution in [0, 0.1) is 5.82 Å². The summed E-state index contributed by atoms with van der Waals surface area (Å²) in [5.74, 6) is 0.254. The highest BCUT2D eigenvalue weighted by atomic mass is 19.1. The molecule has 0 aliphatic heterocycles. The third-order valence-corrected chi connectivity index (χ3v) is 3.12. The predicted octanol–water partition coefficient (Wildman–Crippen LogP) is 3.54. The van der Waals surface area contributed by atoms with Crippen LogP contribution in [0.4, 0.5) is 10.1 Å². The number of anilines is 1. The lowest BCUT2D eigenvalue weighted by Gasteiger charge is -2.10. The summed E-state index contributed by atoms with van der Waals surface area (Å²) < 4.78 is 19.4. The molecular weight excluding hydrogens is 255 g/mol. The summed E-state index contributed by atoms with van der Waals surface area (Å²) in [5, 5.41) is 0.978. The standard InChI is InChI=1S/C16H13FN2O/c17-13-6-2-7-14(18)12(13)10-20-15-8-1-4-11-5-3-9-19-16(11)15/h1-9H,10,18H2. The van der Waals surface area contributed by atoms with Crippen molar-refractivity contribution < 1.29 is 9.13 Å². The van der Waals surface area contributed by atoms with Crippen molar-refractivity contribution >= 4 is 16.6 Å². The van der Waals surface area contributed by atoms with Gasteiger partial charge in [-0.1, -0.05) is 24.3 Å². The van der Waals surface area contributed by atoms with Crippen molar-refractivity contribution in [2.75, 3.05) is 5.73 Å². The molecule has 2 N–H and O–H groups in total. The van der Waals surface area contributed by atoms with Crippen molar-refractivity contribution in [3.63, 3.8) is 0 Å². The highest BCUT2D eigenvalue weighted by molar-refractivity contribution is 5.84. The van der Waals surface area contributed by atoms with Gasteiger partial charge in [0.05, 0.1) is 0 Å². The van der Waals surface area contributed by atoms with Gasteiger partial charge in [-0.05, 0) is 24.3 Å². The zero-order valence-corrected chi connectivity index (χ0v) is 10.7. The van der Waals surface area contributed by atoms with Gasteiger partial charge in [0.15, 0.2) is 0 Å². The van der Waals surface area contributed by atoms with Gasteiger partial charge in [0.25, 0.3) is 0 Å². The lowest BCUT2D eigenvalue weighted by atomic mass is 10.2. The van der Waals surface area contributed by atoms with Gasteiger partial charge in [0.2, 0.25) is 0 Å². The minimum absolute atomic E-state index is 0.0776. The van der Waals surface area contributed by atoms with Crippen LogP contribution in [0.15, 0.2) is 54.7 Å². The molecule has 0 bridgehead atoms. The smallest absolute Gasteiger partial charge is 0.146 e. The van der Waals surface area contributed by atoms with E-state index in [0.29, 0.717) is 17.0 Å². The van der Waals surface area contributed by atoms with Crippen LogP contribution in [0.1, 0.15) is 5.56 Å². The Labute approximate surface area is 115 Å². The van der Waals surface area contributed by atoms with Gasteiger partial charge in [0.1, 0.15) is 23.7 Å². The molecule has 0 spiro atoms. The van der Waals surface area contributed by atoms with Crippen molar-refractivity contribution in [3.8, 4) is 5.75 Å². The van der Waals surface area contributed by atoms with Crippen LogP contribution in [0.2, 0.25) is 0 Å². The average molecular weight is 268 g/mol. The number of hydrogen-bond donors (Lipinski definition) is 1. The summed E-state index contributed by atoms with van der Waals surface area (Å²) in [6, 6.07) is 14.1. The van der Waals surface area contributed by atoms with Crippen LogP contribution in [0.3, 0.4) is 0 Å². The van der Waals surface area contributed by atoms with Crippen LogP contribution >= 0.6 is 0 Å². The Balaban J connectivity index is 1.91. The largest absolute Gasteiger partial charge is 0.486 e. The number of fused-ring (bicyclic) bond motifs is 1. The minimum Gasteiger partial charge on any atom is -0.486 e. The van der Waals surface area contributed by atoms with E-state index in [4.69, 9.17) is 10.5 Å². The van der Waals surface area contributed by atoms with E-state index >= 15 is 0 Å². The number of pyridine rings is 1. The number of benzene rings is 2. The Bertz CT molecular complexity index is 733. The van der Waals surface area contributed by atoms with E-state index in [1.807, 2.05) is 30.3 Å². The summed E-state index contributed by atoms with van der Waals surface area (Å²) in [6.07, 6.45) is 1.70. The number of hydrogen-bond acceptors (Lipinski definition) is 3. The Morgan fingerprint density at radius 3 is 2.70 bits per heavy atom. The van der Waals surface area contributed by atoms with Crippen molar-refractivity contribution in [3.05, 3.63) is 66.1 Å². The Kier molecular flexibility index (Phi) is 3.21.